The van der Waals surface area contributed by atoms with Gasteiger partial charge in [0.1, 0.15) is 23.6 Å². The average Bonchev–Trinajstić information content (AvgIpc) is 3.89. The summed E-state index contributed by atoms with van der Waals surface area (Å²) in [6.45, 7) is 13.3. The third-order valence-electron chi connectivity index (χ3n) is 11.3. The standard InChI is InChI=1S/C51H51N5O5/c1-7-19-35(2)55(47(36(3)50(5,6)59)49(58)60-34-40-32-46(57)61-37(40)4)33-38-28-30-39(31-29-38)44-26-17-18-27-45(44)48-52-53-54-56(48)51(41-20-11-8-12-21-41,42-22-13-9-14-23-42)43-24-15-10-16-25-43/h8-18,20-31,59H,2,7,19,32-34H2,1,3-6H3/b47-36+. The summed E-state index contributed by atoms with van der Waals surface area (Å²) < 4.78 is 12.9. The van der Waals surface area contributed by atoms with Crippen LogP contribution in [0, 0.1) is 0 Å². The maximum atomic E-state index is 14.0. The molecule has 7 rings (SSSR count). The third kappa shape index (κ3) is 8.72. The SMILES string of the molecule is C=C(CCC)N(Cc1ccc(-c2ccccc2-c2nnnn2C(c2ccccc2)(c2ccccc2)c2ccccc2)cc1)/C(C(=O)OCC1=C(C)OC(=O)C1)=C(\C)C(C)(C)O. The third-order valence-corrected chi connectivity index (χ3v) is 11.3. The number of benzene rings is 5. The van der Waals surface area contributed by atoms with Crippen LogP contribution in [-0.4, -0.2) is 54.4 Å². The topological polar surface area (TPSA) is 120 Å². The van der Waals surface area contributed by atoms with E-state index in [0.29, 0.717) is 34.8 Å². The first-order valence-corrected chi connectivity index (χ1v) is 20.5. The molecular weight excluding hydrogens is 763 g/mol. The maximum absolute atomic E-state index is 14.0. The Morgan fingerprint density at radius 1 is 0.836 bits per heavy atom. The molecule has 0 aliphatic carbocycles. The van der Waals surface area contributed by atoms with Gasteiger partial charge < -0.3 is 19.5 Å². The van der Waals surface area contributed by atoms with Gasteiger partial charge in [-0.15, -0.1) is 5.10 Å². The van der Waals surface area contributed by atoms with Crippen LogP contribution >= 0.6 is 0 Å². The fourth-order valence-electron chi connectivity index (χ4n) is 7.87. The van der Waals surface area contributed by atoms with Crippen LogP contribution in [0.25, 0.3) is 22.5 Å². The number of ether oxygens (including phenoxy) is 2. The fraction of sp³-hybridized carbons (Fsp3) is 0.235. The first kappa shape index (κ1) is 42.2. The van der Waals surface area contributed by atoms with E-state index in [9.17, 15) is 14.7 Å². The van der Waals surface area contributed by atoms with Gasteiger partial charge in [0.15, 0.2) is 5.82 Å². The van der Waals surface area contributed by atoms with Gasteiger partial charge in [0, 0.05) is 23.4 Å². The van der Waals surface area contributed by atoms with Crippen molar-refractivity contribution in [3.63, 3.8) is 0 Å². The summed E-state index contributed by atoms with van der Waals surface area (Å²) in [7, 11) is 0. The number of carbonyl (C=O) groups is 2. The maximum Gasteiger partial charge on any atom is 0.355 e. The average molecular weight is 814 g/mol. The van der Waals surface area contributed by atoms with Gasteiger partial charge in [-0.2, -0.15) is 0 Å². The molecule has 0 atom stereocenters. The molecule has 5 aromatic carbocycles. The van der Waals surface area contributed by atoms with Gasteiger partial charge in [-0.25, -0.2) is 9.48 Å². The van der Waals surface area contributed by atoms with E-state index < -0.39 is 17.1 Å². The van der Waals surface area contributed by atoms with Gasteiger partial charge in [-0.3, -0.25) is 4.79 Å². The molecule has 1 N–H and O–H groups in total. The van der Waals surface area contributed by atoms with Gasteiger partial charge in [0.2, 0.25) is 0 Å². The molecule has 6 aromatic rings. The molecule has 1 aliphatic rings. The molecule has 1 aromatic heterocycles. The molecule has 10 heteroatoms. The number of hydrogen-bond acceptors (Lipinski definition) is 9. The van der Waals surface area contributed by atoms with Crippen molar-refractivity contribution in [3.8, 4) is 22.5 Å². The van der Waals surface area contributed by atoms with Crippen molar-refractivity contribution in [1.29, 1.82) is 0 Å². The lowest BCUT2D eigenvalue weighted by atomic mass is 9.77. The Kier molecular flexibility index (Phi) is 12.6. The van der Waals surface area contributed by atoms with Gasteiger partial charge >= 0.3 is 11.9 Å². The van der Waals surface area contributed by atoms with E-state index in [1.54, 1.807) is 27.7 Å². The van der Waals surface area contributed by atoms with Crippen LogP contribution in [0.2, 0.25) is 0 Å². The van der Waals surface area contributed by atoms with Gasteiger partial charge in [-0.1, -0.05) is 159 Å². The van der Waals surface area contributed by atoms with Crippen molar-refractivity contribution < 1.29 is 24.2 Å². The Morgan fingerprint density at radius 3 is 1.89 bits per heavy atom. The molecule has 310 valence electrons. The second kappa shape index (κ2) is 18.1. The predicted octanol–water partition coefficient (Wildman–Crippen LogP) is 9.77. The summed E-state index contributed by atoms with van der Waals surface area (Å²) in [5, 5.41) is 25.0. The number of hydrogen-bond donors (Lipinski definition) is 1. The summed E-state index contributed by atoms with van der Waals surface area (Å²) in [6, 6.07) is 47.2. The number of tetrazole rings is 1. The summed E-state index contributed by atoms with van der Waals surface area (Å²) in [5.74, 6) is 0.0237. The number of cyclic esters (lactones) is 1. The van der Waals surface area contributed by atoms with Crippen molar-refractivity contribution in [2.75, 3.05) is 6.61 Å². The Morgan fingerprint density at radius 2 is 1.38 bits per heavy atom. The Bertz CT molecular complexity index is 2480. The second-order valence-corrected chi connectivity index (χ2v) is 15.8. The Balaban J connectivity index is 1.27. The molecule has 10 nitrogen and oxygen atoms in total. The van der Waals surface area contributed by atoms with Gasteiger partial charge in [0.05, 0.1) is 12.0 Å². The highest BCUT2D eigenvalue weighted by atomic mass is 16.6. The van der Waals surface area contributed by atoms with E-state index in [1.807, 2.05) is 101 Å². The van der Waals surface area contributed by atoms with Crippen molar-refractivity contribution >= 4 is 11.9 Å². The summed E-state index contributed by atoms with van der Waals surface area (Å²) in [5.41, 5.74) is 6.31. The zero-order valence-corrected chi connectivity index (χ0v) is 35.3. The molecule has 0 spiro atoms. The number of rotatable bonds is 16. The van der Waals surface area contributed by atoms with E-state index in [1.165, 1.54) is 0 Å². The van der Waals surface area contributed by atoms with E-state index in [2.05, 4.69) is 66.4 Å². The second-order valence-electron chi connectivity index (χ2n) is 15.8. The van der Waals surface area contributed by atoms with Crippen LogP contribution in [0.5, 0.6) is 0 Å². The number of aromatic nitrogens is 4. The monoisotopic (exact) mass is 813 g/mol. The lowest BCUT2D eigenvalue weighted by Crippen LogP contribution is -2.39. The highest BCUT2D eigenvalue weighted by Gasteiger charge is 2.42. The van der Waals surface area contributed by atoms with Crippen molar-refractivity contribution in [1.82, 2.24) is 25.1 Å². The Hall–Kier alpha value is -6.91. The molecule has 61 heavy (non-hydrogen) atoms. The molecular formula is C51H51N5O5. The normalized spacial score (nSPS) is 13.4. The molecule has 0 unspecified atom stereocenters. The van der Waals surface area contributed by atoms with Crippen LogP contribution in [0.1, 0.15) is 76.1 Å². The number of carbonyl (C=O) groups excluding carboxylic acids is 2. The van der Waals surface area contributed by atoms with Gasteiger partial charge in [0.25, 0.3) is 0 Å². The van der Waals surface area contributed by atoms with E-state index in [-0.39, 0.29) is 31.2 Å². The predicted molar refractivity (Wildman–Crippen MR) is 236 cm³/mol. The smallest absolute Gasteiger partial charge is 0.355 e. The molecule has 0 radical (unpaired) electrons. The largest absolute Gasteiger partial charge is 0.456 e. The van der Waals surface area contributed by atoms with Crippen molar-refractivity contribution in [3.05, 3.63) is 197 Å². The number of nitrogens with zero attached hydrogens (tertiary/aromatic N) is 5. The van der Waals surface area contributed by atoms with Crippen molar-refractivity contribution in [2.45, 2.75) is 71.6 Å². The lowest BCUT2D eigenvalue weighted by molar-refractivity contribution is -0.140. The van der Waals surface area contributed by atoms with E-state index in [4.69, 9.17) is 19.8 Å². The molecule has 1 aliphatic heterocycles. The Labute approximate surface area is 357 Å². The van der Waals surface area contributed by atoms with Crippen LogP contribution in [-0.2, 0) is 31.1 Å². The van der Waals surface area contributed by atoms with E-state index in [0.717, 1.165) is 45.4 Å². The minimum absolute atomic E-state index is 0.0627. The molecule has 0 amide bonds. The first-order chi connectivity index (χ1) is 29.4. The lowest BCUT2D eigenvalue weighted by Gasteiger charge is -2.36. The molecule has 2 heterocycles. The highest BCUT2D eigenvalue weighted by molar-refractivity contribution is 5.90. The number of allylic oxidation sites excluding steroid dienone is 2. The molecule has 0 fully saturated rings. The quantitative estimate of drug-likeness (QED) is 0.0579. The minimum atomic E-state index is -1.34. The number of esters is 2. The molecule has 0 saturated carbocycles. The fourth-order valence-corrected chi connectivity index (χ4v) is 7.87. The van der Waals surface area contributed by atoms with Crippen LogP contribution in [0.15, 0.2) is 174 Å². The highest BCUT2D eigenvalue weighted by Crippen LogP contribution is 2.43. The van der Waals surface area contributed by atoms with Crippen LogP contribution in [0.4, 0.5) is 0 Å². The summed E-state index contributed by atoms with van der Waals surface area (Å²) in [6.07, 6.45) is 1.46. The van der Waals surface area contributed by atoms with Crippen molar-refractivity contribution in [2.24, 2.45) is 0 Å². The summed E-state index contributed by atoms with van der Waals surface area (Å²) in [4.78, 5) is 27.8. The number of aliphatic hydroxyl groups is 1. The minimum Gasteiger partial charge on any atom is -0.456 e. The van der Waals surface area contributed by atoms with Crippen LogP contribution < -0.4 is 0 Å². The molecule has 0 saturated heterocycles. The first-order valence-electron chi connectivity index (χ1n) is 20.5. The zero-order valence-electron chi connectivity index (χ0n) is 35.3. The zero-order chi connectivity index (χ0) is 43.1. The van der Waals surface area contributed by atoms with E-state index >= 15 is 0 Å². The van der Waals surface area contributed by atoms with Gasteiger partial charge in [-0.05, 0) is 83.5 Å². The summed E-state index contributed by atoms with van der Waals surface area (Å²) >= 11 is 0. The van der Waals surface area contributed by atoms with Crippen LogP contribution in [0.3, 0.4) is 0 Å². The molecule has 0 bridgehead atoms.